The van der Waals surface area contributed by atoms with E-state index < -0.39 is 12.0 Å². The maximum atomic E-state index is 11.8. The molecule has 1 unspecified atom stereocenters. The number of carboxylic acids is 1. The van der Waals surface area contributed by atoms with E-state index in [4.69, 9.17) is 9.15 Å². The Kier molecular flexibility index (Phi) is 3.53. The standard InChI is InChI=1S/C17H18N2O4/c20-17(21)16-12-3-1-2-4-13(12)22-8-7-19(16)10-15-18-9-14(23-15)11-5-6-11/h1-4,9,11,16H,5-8,10H2,(H,20,21). The van der Waals surface area contributed by atoms with E-state index >= 15 is 0 Å². The highest BCUT2D eigenvalue weighted by Gasteiger charge is 2.34. The van der Waals surface area contributed by atoms with Gasteiger partial charge in [-0.1, -0.05) is 18.2 Å². The molecule has 4 rings (SSSR count). The number of ether oxygens (including phenoxy) is 1. The Balaban J connectivity index is 1.61. The second kappa shape index (κ2) is 5.70. The zero-order valence-corrected chi connectivity index (χ0v) is 12.6. The van der Waals surface area contributed by atoms with Crippen LogP contribution in [0.15, 0.2) is 34.9 Å². The molecule has 1 aliphatic heterocycles. The van der Waals surface area contributed by atoms with Gasteiger partial charge in [-0.2, -0.15) is 0 Å². The molecular weight excluding hydrogens is 296 g/mol. The van der Waals surface area contributed by atoms with E-state index in [0.29, 0.717) is 42.8 Å². The Morgan fingerprint density at radius 3 is 2.96 bits per heavy atom. The molecular formula is C17H18N2O4. The van der Waals surface area contributed by atoms with Crippen LogP contribution in [-0.2, 0) is 11.3 Å². The highest BCUT2D eigenvalue weighted by molar-refractivity contribution is 5.76. The molecule has 1 N–H and O–H groups in total. The largest absolute Gasteiger partial charge is 0.492 e. The summed E-state index contributed by atoms with van der Waals surface area (Å²) in [6.45, 7) is 1.31. The number of hydrogen-bond acceptors (Lipinski definition) is 5. The summed E-state index contributed by atoms with van der Waals surface area (Å²) in [5, 5.41) is 9.71. The van der Waals surface area contributed by atoms with Crippen LogP contribution < -0.4 is 4.74 Å². The third kappa shape index (κ3) is 2.82. The minimum absolute atomic E-state index is 0.362. The molecule has 23 heavy (non-hydrogen) atoms. The van der Waals surface area contributed by atoms with Crippen LogP contribution in [0.2, 0.25) is 0 Å². The van der Waals surface area contributed by atoms with Crippen LogP contribution in [0.3, 0.4) is 0 Å². The normalized spacial score (nSPS) is 21.3. The molecule has 6 heteroatoms. The van der Waals surface area contributed by atoms with Crippen LogP contribution in [0.4, 0.5) is 0 Å². The number of benzene rings is 1. The lowest BCUT2D eigenvalue weighted by Crippen LogP contribution is -2.34. The van der Waals surface area contributed by atoms with Crippen LogP contribution in [0.1, 0.15) is 42.0 Å². The summed E-state index contributed by atoms with van der Waals surface area (Å²) in [4.78, 5) is 18.0. The molecule has 0 saturated heterocycles. The minimum Gasteiger partial charge on any atom is -0.492 e. The molecule has 2 aromatic rings. The van der Waals surface area contributed by atoms with Crippen molar-refractivity contribution in [3.05, 3.63) is 47.7 Å². The Labute approximate surface area is 133 Å². The van der Waals surface area contributed by atoms with Gasteiger partial charge in [-0.25, -0.2) is 4.98 Å². The first kappa shape index (κ1) is 14.3. The van der Waals surface area contributed by atoms with Gasteiger partial charge in [0.1, 0.15) is 24.2 Å². The van der Waals surface area contributed by atoms with Gasteiger partial charge >= 0.3 is 5.97 Å². The summed E-state index contributed by atoms with van der Waals surface area (Å²) < 4.78 is 11.5. The number of hydrogen-bond donors (Lipinski definition) is 1. The lowest BCUT2D eigenvalue weighted by Gasteiger charge is -2.25. The van der Waals surface area contributed by atoms with E-state index in [0.717, 1.165) is 18.6 Å². The maximum absolute atomic E-state index is 11.8. The summed E-state index contributed by atoms with van der Waals surface area (Å²) in [6.07, 6.45) is 4.07. The average Bonchev–Trinajstić information content (AvgIpc) is 3.31. The molecule has 2 heterocycles. The first-order valence-corrected chi connectivity index (χ1v) is 7.85. The van der Waals surface area contributed by atoms with E-state index in [1.165, 1.54) is 0 Å². The Morgan fingerprint density at radius 1 is 1.35 bits per heavy atom. The lowest BCUT2D eigenvalue weighted by molar-refractivity contribution is -0.143. The number of aromatic nitrogens is 1. The van der Waals surface area contributed by atoms with Gasteiger partial charge in [0.15, 0.2) is 0 Å². The topological polar surface area (TPSA) is 75.8 Å². The Hall–Kier alpha value is -2.34. The number of aliphatic carboxylic acids is 1. The molecule has 0 radical (unpaired) electrons. The van der Waals surface area contributed by atoms with Gasteiger partial charge in [0.25, 0.3) is 0 Å². The first-order chi connectivity index (χ1) is 11.2. The van der Waals surface area contributed by atoms with E-state index in [2.05, 4.69) is 4.98 Å². The number of nitrogens with zero attached hydrogens (tertiary/aromatic N) is 2. The van der Waals surface area contributed by atoms with Crippen LogP contribution >= 0.6 is 0 Å². The zero-order chi connectivity index (χ0) is 15.8. The Morgan fingerprint density at radius 2 is 2.17 bits per heavy atom. The van der Waals surface area contributed by atoms with Crippen molar-refractivity contribution in [3.8, 4) is 5.75 Å². The number of oxazole rings is 1. The van der Waals surface area contributed by atoms with Gasteiger partial charge < -0.3 is 14.3 Å². The zero-order valence-electron chi connectivity index (χ0n) is 12.6. The fourth-order valence-electron chi connectivity index (χ4n) is 3.02. The summed E-state index contributed by atoms with van der Waals surface area (Å²) in [5.74, 6) is 1.72. The SMILES string of the molecule is O=C(O)C1c2ccccc2OCCN1Cc1ncc(C2CC2)o1. The predicted octanol–water partition coefficient (Wildman–Crippen LogP) is 2.57. The lowest BCUT2D eigenvalue weighted by atomic mass is 10.0. The van der Waals surface area contributed by atoms with Crippen molar-refractivity contribution in [3.63, 3.8) is 0 Å². The molecule has 0 spiro atoms. The summed E-state index contributed by atoms with van der Waals surface area (Å²) in [5.41, 5.74) is 0.673. The molecule has 1 saturated carbocycles. The van der Waals surface area contributed by atoms with Gasteiger partial charge in [-0.15, -0.1) is 0 Å². The van der Waals surface area contributed by atoms with Crippen molar-refractivity contribution < 1.29 is 19.1 Å². The van der Waals surface area contributed by atoms with Gasteiger partial charge in [-0.3, -0.25) is 9.69 Å². The van der Waals surface area contributed by atoms with E-state index in [1.807, 2.05) is 23.1 Å². The van der Waals surface area contributed by atoms with E-state index in [1.54, 1.807) is 12.3 Å². The van der Waals surface area contributed by atoms with Crippen molar-refractivity contribution in [2.24, 2.45) is 0 Å². The van der Waals surface area contributed by atoms with Crippen molar-refractivity contribution in [2.75, 3.05) is 13.2 Å². The predicted molar refractivity (Wildman–Crippen MR) is 81.2 cm³/mol. The third-order valence-corrected chi connectivity index (χ3v) is 4.34. The highest BCUT2D eigenvalue weighted by atomic mass is 16.5. The summed E-state index contributed by atoms with van der Waals surface area (Å²) in [7, 11) is 0. The van der Waals surface area contributed by atoms with Crippen LogP contribution in [0, 0.1) is 0 Å². The second-order valence-corrected chi connectivity index (χ2v) is 6.03. The van der Waals surface area contributed by atoms with E-state index in [-0.39, 0.29) is 0 Å². The van der Waals surface area contributed by atoms with Gasteiger partial charge in [0, 0.05) is 18.0 Å². The maximum Gasteiger partial charge on any atom is 0.325 e. The van der Waals surface area contributed by atoms with E-state index in [9.17, 15) is 9.90 Å². The number of rotatable bonds is 4. The average molecular weight is 314 g/mol. The molecule has 1 fully saturated rings. The fraction of sp³-hybridized carbons (Fsp3) is 0.412. The number of para-hydroxylation sites is 1. The number of carboxylic acid groups (broad SMARTS) is 1. The van der Waals surface area contributed by atoms with Crippen LogP contribution in [0.5, 0.6) is 5.75 Å². The molecule has 0 bridgehead atoms. The number of fused-ring (bicyclic) bond motifs is 1. The highest BCUT2D eigenvalue weighted by Crippen LogP contribution is 2.40. The summed E-state index contributed by atoms with van der Waals surface area (Å²) >= 11 is 0. The van der Waals surface area contributed by atoms with Gasteiger partial charge in [-0.05, 0) is 18.9 Å². The van der Waals surface area contributed by atoms with Crippen LogP contribution in [0.25, 0.3) is 0 Å². The molecule has 1 aromatic carbocycles. The van der Waals surface area contributed by atoms with Gasteiger partial charge in [0.2, 0.25) is 5.89 Å². The molecule has 6 nitrogen and oxygen atoms in total. The minimum atomic E-state index is -0.892. The smallest absolute Gasteiger partial charge is 0.325 e. The third-order valence-electron chi connectivity index (χ3n) is 4.34. The molecule has 0 amide bonds. The number of carbonyl (C=O) groups is 1. The quantitative estimate of drug-likeness (QED) is 0.935. The molecule has 1 atom stereocenters. The molecule has 1 aliphatic carbocycles. The van der Waals surface area contributed by atoms with Crippen LogP contribution in [-0.4, -0.2) is 34.1 Å². The second-order valence-electron chi connectivity index (χ2n) is 6.03. The van der Waals surface area contributed by atoms with Crippen molar-refractivity contribution in [1.82, 2.24) is 9.88 Å². The fourth-order valence-corrected chi connectivity index (χ4v) is 3.02. The first-order valence-electron chi connectivity index (χ1n) is 7.85. The molecule has 2 aliphatic rings. The summed E-state index contributed by atoms with van der Waals surface area (Å²) in [6, 6.07) is 6.54. The Bertz CT molecular complexity index is 723. The monoisotopic (exact) mass is 314 g/mol. The molecule has 120 valence electrons. The van der Waals surface area contributed by atoms with Crippen molar-refractivity contribution in [1.29, 1.82) is 0 Å². The van der Waals surface area contributed by atoms with Crippen molar-refractivity contribution in [2.45, 2.75) is 31.3 Å². The molecule has 1 aromatic heterocycles. The van der Waals surface area contributed by atoms with Gasteiger partial charge in [0.05, 0.1) is 12.7 Å². The van der Waals surface area contributed by atoms with Crippen molar-refractivity contribution >= 4 is 5.97 Å².